The molecule has 1 aromatic heterocycles. The van der Waals surface area contributed by atoms with Crippen LogP contribution in [0.3, 0.4) is 0 Å². The van der Waals surface area contributed by atoms with Crippen molar-refractivity contribution in [1.82, 2.24) is 9.88 Å². The molecule has 5 heteroatoms. The van der Waals surface area contributed by atoms with Gasteiger partial charge in [-0.15, -0.1) is 11.3 Å². The number of nitrogens with zero attached hydrogens (tertiary/aromatic N) is 2. The monoisotopic (exact) mass is 254 g/mol. The largest absolute Gasteiger partial charge is 0.391 e. The van der Waals surface area contributed by atoms with Gasteiger partial charge in [0.25, 0.3) is 0 Å². The Morgan fingerprint density at radius 1 is 1.53 bits per heavy atom. The molecule has 1 spiro atoms. The van der Waals surface area contributed by atoms with Crippen molar-refractivity contribution in [2.24, 2.45) is 0 Å². The summed E-state index contributed by atoms with van der Waals surface area (Å²) in [6.45, 7) is 3.57. The maximum atomic E-state index is 9.57. The number of hydrogen-bond donors (Lipinski definition) is 1. The van der Waals surface area contributed by atoms with Gasteiger partial charge in [0.2, 0.25) is 0 Å². The summed E-state index contributed by atoms with van der Waals surface area (Å²) in [5.74, 6) is 0. The Morgan fingerprint density at radius 3 is 2.94 bits per heavy atom. The summed E-state index contributed by atoms with van der Waals surface area (Å²) in [4.78, 5) is 6.75. The van der Waals surface area contributed by atoms with E-state index < -0.39 is 0 Å². The third kappa shape index (κ3) is 2.52. The van der Waals surface area contributed by atoms with Crippen molar-refractivity contribution in [2.45, 2.75) is 37.5 Å². The van der Waals surface area contributed by atoms with E-state index in [1.54, 1.807) is 11.3 Å². The Kier molecular flexibility index (Phi) is 3.17. The van der Waals surface area contributed by atoms with Crippen molar-refractivity contribution in [3.05, 3.63) is 16.6 Å². The van der Waals surface area contributed by atoms with Gasteiger partial charge in [-0.25, -0.2) is 4.98 Å². The lowest BCUT2D eigenvalue weighted by Crippen LogP contribution is -2.43. The third-order valence-electron chi connectivity index (χ3n) is 3.80. The minimum atomic E-state index is -0.250. The molecule has 0 saturated carbocycles. The predicted molar refractivity (Wildman–Crippen MR) is 65.9 cm³/mol. The second-order valence-electron chi connectivity index (χ2n) is 5.05. The summed E-state index contributed by atoms with van der Waals surface area (Å²) < 4.78 is 5.79. The zero-order chi connectivity index (χ0) is 11.7. The summed E-state index contributed by atoms with van der Waals surface area (Å²) in [6.07, 6.45) is 4.51. The fraction of sp³-hybridized carbons (Fsp3) is 0.750. The molecule has 2 aliphatic rings. The summed E-state index contributed by atoms with van der Waals surface area (Å²) in [7, 11) is 0. The minimum absolute atomic E-state index is 0.0290. The molecule has 17 heavy (non-hydrogen) atoms. The van der Waals surface area contributed by atoms with Crippen LogP contribution in [0.1, 0.15) is 24.3 Å². The number of hydrogen-bond acceptors (Lipinski definition) is 5. The average Bonchev–Trinajstić information content (AvgIpc) is 2.93. The number of thiazole rings is 1. The van der Waals surface area contributed by atoms with Gasteiger partial charge in [-0.1, -0.05) is 0 Å². The molecule has 1 N–H and O–H groups in total. The number of ether oxygens (including phenoxy) is 1. The molecule has 1 aromatic rings. The first-order valence-corrected chi connectivity index (χ1v) is 7.07. The molecule has 94 valence electrons. The fourth-order valence-electron chi connectivity index (χ4n) is 2.81. The predicted octanol–water partition coefficient (Wildman–Crippen LogP) is 1.26. The van der Waals surface area contributed by atoms with Crippen LogP contribution in [0, 0.1) is 0 Å². The van der Waals surface area contributed by atoms with Gasteiger partial charge in [-0.05, 0) is 12.8 Å². The second kappa shape index (κ2) is 4.65. The molecule has 3 heterocycles. The lowest BCUT2D eigenvalue weighted by molar-refractivity contribution is -0.0456. The Labute approximate surface area is 105 Å². The number of rotatable bonds is 2. The topological polar surface area (TPSA) is 45.6 Å². The van der Waals surface area contributed by atoms with Gasteiger partial charge in [-0.3, -0.25) is 4.90 Å². The van der Waals surface area contributed by atoms with Gasteiger partial charge in [0.15, 0.2) is 0 Å². The fourth-order valence-corrected chi connectivity index (χ4v) is 3.47. The van der Waals surface area contributed by atoms with Crippen molar-refractivity contribution < 1.29 is 9.84 Å². The molecular formula is C12H18N2O2S. The van der Waals surface area contributed by atoms with Gasteiger partial charge in [0.1, 0.15) is 5.01 Å². The maximum Gasteiger partial charge on any atom is 0.107 e. The number of aliphatic hydroxyl groups excluding tert-OH is 1. The third-order valence-corrected chi connectivity index (χ3v) is 4.56. The van der Waals surface area contributed by atoms with E-state index in [1.807, 2.05) is 11.6 Å². The number of aromatic nitrogens is 1. The Balaban J connectivity index is 1.54. The smallest absolute Gasteiger partial charge is 0.107 e. The Bertz CT molecular complexity index is 361. The highest BCUT2D eigenvalue weighted by molar-refractivity contribution is 7.09. The highest BCUT2D eigenvalue weighted by Crippen LogP contribution is 2.36. The molecule has 2 fully saturated rings. The highest BCUT2D eigenvalue weighted by atomic mass is 32.1. The molecule has 0 bridgehead atoms. The average molecular weight is 254 g/mol. The van der Waals surface area contributed by atoms with Crippen LogP contribution in [0.25, 0.3) is 0 Å². The van der Waals surface area contributed by atoms with E-state index >= 15 is 0 Å². The first-order chi connectivity index (χ1) is 8.26. The van der Waals surface area contributed by atoms with E-state index in [0.717, 1.165) is 38.9 Å². The van der Waals surface area contributed by atoms with Gasteiger partial charge in [-0.2, -0.15) is 0 Å². The van der Waals surface area contributed by atoms with Gasteiger partial charge in [0.05, 0.1) is 24.9 Å². The quantitative estimate of drug-likeness (QED) is 0.863. The molecule has 0 radical (unpaired) electrons. The van der Waals surface area contributed by atoms with Crippen LogP contribution < -0.4 is 0 Å². The molecule has 2 aliphatic heterocycles. The minimum Gasteiger partial charge on any atom is -0.391 e. The summed E-state index contributed by atoms with van der Waals surface area (Å²) >= 11 is 1.72. The molecule has 2 saturated heterocycles. The Hall–Kier alpha value is -0.490. The lowest BCUT2D eigenvalue weighted by atomic mass is 9.88. The molecule has 0 unspecified atom stereocenters. The summed E-state index contributed by atoms with van der Waals surface area (Å²) in [6, 6.07) is 0. The van der Waals surface area contributed by atoms with Crippen molar-refractivity contribution in [1.29, 1.82) is 0 Å². The first-order valence-electron chi connectivity index (χ1n) is 6.19. The number of piperidine rings is 1. The van der Waals surface area contributed by atoms with Crippen LogP contribution in [0.2, 0.25) is 0 Å². The zero-order valence-electron chi connectivity index (χ0n) is 9.84. The van der Waals surface area contributed by atoms with Gasteiger partial charge < -0.3 is 9.84 Å². The van der Waals surface area contributed by atoms with Crippen LogP contribution in [0.4, 0.5) is 0 Å². The molecule has 4 nitrogen and oxygen atoms in total. The van der Waals surface area contributed by atoms with Crippen molar-refractivity contribution >= 4 is 11.3 Å². The molecule has 0 aromatic carbocycles. The van der Waals surface area contributed by atoms with E-state index in [-0.39, 0.29) is 11.7 Å². The molecule has 3 rings (SSSR count). The van der Waals surface area contributed by atoms with Crippen molar-refractivity contribution in [3.63, 3.8) is 0 Å². The van der Waals surface area contributed by atoms with Crippen LogP contribution in [0.5, 0.6) is 0 Å². The second-order valence-corrected chi connectivity index (χ2v) is 6.03. The van der Waals surface area contributed by atoms with Crippen LogP contribution in [-0.4, -0.2) is 46.4 Å². The van der Waals surface area contributed by atoms with Gasteiger partial charge in [0, 0.05) is 31.1 Å². The maximum absolute atomic E-state index is 9.57. The van der Waals surface area contributed by atoms with E-state index in [4.69, 9.17) is 4.74 Å². The van der Waals surface area contributed by atoms with Crippen LogP contribution in [-0.2, 0) is 11.3 Å². The lowest BCUT2D eigenvalue weighted by Gasteiger charge is -2.38. The molecular weight excluding hydrogens is 236 g/mol. The number of aliphatic hydroxyl groups is 1. The van der Waals surface area contributed by atoms with E-state index in [2.05, 4.69) is 9.88 Å². The standard InChI is InChI=1S/C12H18N2O2S/c15-10-7-12(16-9-10)1-4-14(5-2-12)8-11-13-3-6-17-11/h3,6,10,15H,1-2,4-5,7-9H2/t10-/m0/s1. The molecule has 1 atom stereocenters. The van der Waals surface area contributed by atoms with E-state index in [0.29, 0.717) is 6.61 Å². The molecule has 0 amide bonds. The van der Waals surface area contributed by atoms with Crippen LogP contribution >= 0.6 is 11.3 Å². The molecule has 0 aliphatic carbocycles. The first kappa shape index (κ1) is 11.6. The normalized spacial score (nSPS) is 28.9. The number of likely N-dealkylation sites (tertiary alicyclic amines) is 1. The van der Waals surface area contributed by atoms with Crippen LogP contribution in [0.15, 0.2) is 11.6 Å². The highest BCUT2D eigenvalue weighted by Gasteiger charge is 2.42. The summed E-state index contributed by atoms with van der Waals surface area (Å²) in [5, 5.41) is 12.8. The van der Waals surface area contributed by atoms with Gasteiger partial charge >= 0.3 is 0 Å². The Morgan fingerprint density at radius 2 is 2.35 bits per heavy atom. The van der Waals surface area contributed by atoms with E-state index in [9.17, 15) is 5.11 Å². The van der Waals surface area contributed by atoms with Crippen molar-refractivity contribution in [3.8, 4) is 0 Å². The zero-order valence-corrected chi connectivity index (χ0v) is 10.7. The summed E-state index contributed by atoms with van der Waals surface area (Å²) in [5.41, 5.74) is -0.0290. The van der Waals surface area contributed by atoms with Crippen molar-refractivity contribution in [2.75, 3.05) is 19.7 Å². The van der Waals surface area contributed by atoms with E-state index in [1.165, 1.54) is 5.01 Å². The SMILES string of the molecule is O[C@@H]1COC2(CCN(Cc3nccs3)CC2)C1.